The second kappa shape index (κ2) is 23.1. The first-order chi connectivity index (χ1) is 26.1. The Morgan fingerprint density at radius 2 is 0.963 bits per heavy atom. The fourth-order valence-electron chi connectivity index (χ4n) is 8.70. The van der Waals surface area contributed by atoms with Gasteiger partial charge in [-0.15, -0.1) is 0 Å². The quantitative estimate of drug-likeness (QED) is 0.0898. The molecule has 6 atom stereocenters. The lowest BCUT2D eigenvalue weighted by Gasteiger charge is -2.33. The molecule has 4 rings (SSSR count). The van der Waals surface area contributed by atoms with E-state index in [1.54, 1.807) is 9.80 Å². The van der Waals surface area contributed by atoms with E-state index in [1.165, 1.54) is 0 Å². The van der Waals surface area contributed by atoms with Crippen LogP contribution in [0, 0.1) is 0 Å². The van der Waals surface area contributed by atoms with Crippen LogP contribution in [0.2, 0.25) is 0 Å². The number of hydrogen-bond acceptors (Lipinski definition) is 10. The Bertz CT molecular complexity index is 1110. The van der Waals surface area contributed by atoms with E-state index in [0.717, 1.165) is 77.4 Å². The average molecular weight is 760 g/mol. The highest BCUT2D eigenvalue weighted by atomic mass is 16.2. The molecule has 0 radical (unpaired) electrons. The van der Waals surface area contributed by atoms with Crippen molar-refractivity contribution in [3.8, 4) is 0 Å². The van der Waals surface area contributed by atoms with E-state index in [4.69, 9.17) is 0 Å². The van der Waals surface area contributed by atoms with Crippen molar-refractivity contribution in [3.05, 3.63) is 0 Å². The van der Waals surface area contributed by atoms with Crippen LogP contribution in [-0.4, -0.2) is 153 Å². The monoisotopic (exact) mass is 760 g/mol. The number of nitrogens with zero attached hydrogens (tertiary/aromatic N) is 3. The van der Waals surface area contributed by atoms with E-state index < -0.39 is 12.1 Å². The number of nitrogens with one attached hydrogen (secondary N) is 6. The smallest absolute Gasteiger partial charge is 0.237 e. The van der Waals surface area contributed by atoms with Crippen molar-refractivity contribution >= 4 is 35.3 Å². The van der Waals surface area contributed by atoms with Crippen LogP contribution in [-0.2, 0) is 28.8 Å². The lowest BCUT2D eigenvalue weighted by atomic mass is 9.98. The second-order valence-electron chi connectivity index (χ2n) is 16.0. The van der Waals surface area contributed by atoms with Crippen LogP contribution in [0.25, 0.3) is 0 Å². The first-order valence-corrected chi connectivity index (χ1v) is 20.8. The van der Waals surface area contributed by atoms with Crippen molar-refractivity contribution < 1.29 is 28.8 Å². The van der Waals surface area contributed by atoms with Crippen molar-refractivity contribution in [2.45, 2.75) is 145 Å². The number of Topliss-reactive ketones (excluding diaryl/α,β-unsaturated/α-hetero) is 1. The zero-order chi connectivity index (χ0) is 38.9. The van der Waals surface area contributed by atoms with Crippen molar-refractivity contribution in [2.24, 2.45) is 0 Å². The second-order valence-corrected chi connectivity index (χ2v) is 16.0. The van der Waals surface area contributed by atoms with Gasteiger partial charge in [-0.25, -0.2) is 0 Å². The predicted molar refractivity (Wildman–Crippen MR) is 207 cm³/mol. The molecule has 0 bridgehead atoms. The Kier molecular flexibility index (Phi) is 18.6. The minimum Gasteiger partial charge on any atom is -0.352 e. The van der Waals surface area contributed by atoms with Gasteiger partial charge in [0.2, 0.25) is 29.5 Å². The lowest BCUT2D eigenvalue weighted by molar-refractivity contribution is -0.139. The molecular formula is C39H69N9O6. The van der Waals surface area contributed by atoms with Crippen LogP contribution in [0.3, 0.4) is 0 Å². The van der Waals surface area contributed by atoms with Crippen LogP contribution >= 0.6 is 0 Å². The summed E-state index contributed by atoms with van der Waals surface area (Å²) in [6.45, 7) is 3.75. The highest BCUT2D eigenvalue weighted by Gasteiger charge is 2.46. The van der Waals surface area contributed by atoms with E-state index in [-0.39, 0.29) is 78.9 Å². The third kappa shape index (κ3) is 13.9. The molecule has 0 aliphatic carbocycles. The molecule has 6 N–H and O–H groups in total. The molecule has 0 aromatic rings. The molecule has 5 amide bonds. The van der Waals surface area contributed by atoms with Gasteiger partial charge < -0.3 is 41.7 Å². The standard InChI is InChI=1S/C39H69N9O6/c1-40-16-10-4-7-13-35(50)43-28-19-31-22-34(49)33-21-30(45-37(52)15-9-6-12-18-42-3)24-46(33)27-39(54)48-26-29(20-32(48)23-38(53)47(31)25-28)44-36(51)14-8-5-11-17-41-2/h28-33,40-42H,4-27H2,1-3H3,(H,43,50)(H,44,51)(H,45,52)/t28?,29?,30?,31-,32-,33?/m0/s1. The molecule has 306 valence electrons. The van der Waals surface area contributed by atoms with Gasteiger partial charge in [0.15, 0.2) is 5.78 Å². The number of carbonyl (C=O) groups is 6. The van der Waals surface area contributed by atoms with Gasteiger partial charge in [0, 0.05) is 81.9 Å². The molecular weight excluding hydrogens is 690 g/mol. The predicted octanol–water partition coefficient (Wildman–Crippen LogP) is 0.419. The molecule has 4 fully saturated rings. The number of fused-ring (bicyclic) bond motifs is 3. The molecule has 0 aromatic heterocycles. The third-order valence-corrected chi connectivity index (χ3v) is 11.5. The van der Waals surface area contributed by atoms with Crippen molar-refractivity contribution in [3.63, 3.8) is 0 Å². The van der Waals surface area contributed by atoms with E-state index in [1.807, 2.05) is 26.0 Å². The maximum Gasteiger partial charge on any atom is 0.237 e. The largest absolute Gasteiger partial charge is 0.352 e. The molecule has 15 nitrogen and oxygen atoms in total. The van der Waals surface area contributed by atoms with Crippen LogP contribution in [0.4, 0.5) is 0 Å². The molecule has 4 unspecified atom stereocenters. The Morgan fingerprint density at radius 3 is 1.43 bits per heavy atom. The minimum atomic E-state index is -0.572. The summed E-state index contributed by atoms with van der Waals surface area (Å²) in [6, 6.07) is -2.14. The Morgan fingerprint density at radius 1 is 0.537 bits per heavy atom. The van der Waals surface area contributed by atoms with Gasteiger partial charge in [-0.3, -0.25) is 33.7 Å². The van der Waals surface area contributed by atoms with E-state index in [2.05, 4.69) is 31.9 Å². The number of amides is 5. The van der Waals surface area contributed by atoms with Gasteiger partial charge in [-0.05, 0) is 98.6 Å². The number of rotatable bonds is 21. The summed E-state index contributed by atoms with van der Waals surface area (Å²) >= 11 is 0. The molecule has 4 saturated heterocycles. The first-order valence-electron chi connectivity index (χ1n) is 20.8. The summed E-state index contributed by atoms with van der Waals surface area (Å²) in [4.78, 5) is 86.4. The van der Waals surface area contributed by atoms with E-state index in [9.17, 15) is 28.8 Å². The van der Waals surface area contributed by atoms with Gasteiger partial charge in [0.1, 0.15) is 0 Å². The van der Waals surface area contributed by atoms with E-state index >= 15 is 0 Å². The number of carbonyl (C=O) groups excluding carboxylic acids is 6. The summed E-state index contributed by atoms with van der Waals surface area (Å²) in [5, 5.41) is 18.8. The topological polar surface area (TPSA) is 184 Å². The van der Waals surface area contributed by atoms with Gasteiger partial charge >= 0.3 is 0 Å². The van der Waals surface area contributed by atoms with Crippen LogP contribution in [0.1, 0.15) is 109 Å². The van der Waals surface area contributed by atoms with Crippen molar-refractivity contribution in [1.82, 2.24) is 46.6 Å². The normalized spacial score (nSPS) is 26.2. The number of hydrogen-bond donors (Lipinski definition) is 6. The molecule has 4 heterocycles. The minimum absolute atomic E-state index is 0.00496. The molecule has 54 heavy (non-hydrogen) atoms. The van der Waals surface area contributed by atoms with Gasteiger partial charge in [-0.1, -0.05) is 19.3 Å². The summed E-state index contributed by atoms with van der Waals surface area (Å²) in [6.07, 6.45) is 11.0. The SMILES string of the molecule is CNCCCCCC(=O)NC1CC2C(=O)C[C@@H]3CC(NC(=O)CCCCCNC)CN3C(=O)C[C@@H]3CC(NC(=O)CCCCCNC)CN3C(=O)CN2C1. The lowest BCUT2D eigenvalue weighted by Crippen LogP contribution is -2.50. The van der Waals surface area contributed by atoms with Crippen molar-refractivity contribution in [1.29, 1.82) is 0 Å². The summed E-state index contributed by atoms with van der Waals surface area (Å²) in [7, 11) is 5.74. The molecule has 4 aliphatic heterocycles. The van der Waals surface area contributed by atoms with Crippen LogP contribution < -0.4 is 31.9 Å². The van der Waals surface area contributed by atoms with Crippen LogP contribution in [0.5, 0.6) is 0 Å². The fraction of sp³-hybridized carbons (Fsp3) is 0.846. The molecule has 0 aromatic carbocycles. The number of unbranched alkanes of at least 4 members (excludes halogenated alkanes) is 6. The summed E-state index contributed by atoms with van der Waals surface area (Å²) in [5.74, 6) is -0.506. The van der Waals surface area contributed by atoms with Crippen LogP contribution in [0.15, 0.2) is 0 Å². The molecule has 4 aliphatic rings. The van der Waals surface area contributed by atoms with Gasteiger partial charge in [-0.2, -0.15) is 0 Å². The Labute approximate surface area is 322 Å². The Hall–Kier alpha value is -3.14. The summed E-state index contributed by atoms with van der Waals surface area (Å²) in [5.41, 5.74) is 0. The number of ketones is 1. The maximum atomic E-state index is 14.1. The van der Waals surface area contributed by atoms with Crippen molar-refractivity contribution in [2.75, 3.05) is 67.0 Å². The van der Waals surface area contributed by atoms with E-state index in [0.29, 0.717) is 58.2 Å². The molecule has 0 spiro atoms. The first kappa shape index (κ1) is 43.6. The highest BCUT2D eigenvalue weighted by molar-refractivity contribution is 5.89. The molecule has 15 heteroatoms. The highest BCUT2D eigenvalue weighted by Crippen LogP contribution is 2.30. The fourth-order valence-corrected chi connectivity index (χ4v) is 8.70. The maximum absolute atomic E-state index is 14.1. The molecule has 0 saturated carbocycles. The van der Waals surface area contributed by atoms with Gasteiger partial charge in [0.25, 0.3) is 0 Å². The Balaban J connectivity index is 1.46. The zero-order valence-electron chi connectivity index (χ0n) is 33.2. The summed E-state index contributed by atoms with van der Waals surface area (Å²) < 4.78 is 0. The zero-order valence-corrected chi connectivity index (χ0v) is 33.2. The average Bonchev–Trinajstić information content (AvgIpc) is 3.84. The van der Waals surface area contributed by atoms with Gasteiger partial charge in [0.05, 0.1) is 12.6 Å². The third-order valence-electron chi connectivity index (χ3n) is 11.5.